The van der Waals surface area contributed by atoms with E-state index in [2.05, 4.69) is 38.0 Å². The number of unbranched alkanes of at least 4 members (excludes halogenated alkanes) is 1. The Morgan fingerprint density at radius 3 is 2.74 bits per heavy atom. The molecule has 0 aliphatic carbocycles. The maximum atomic E-state index is 12.3. The van der Waals surface area contributed by atoms with Crippen molar-refractivity contribution in [2.45, 2.75) is 58.4 Å². The first-order valence-electron chi connectivity index (χ1n) is 6.85. The van der Waals surface area contributed by atoms with Gasteiger partial charge < -0.3 is 11.1 Å². The van der Waals surface area contributed by atoms with Crippen LogP contribution in [0.2, 0.25) is 0 Å². The molecule has 1 unspecified atom stereocenters. The Hall–Kier alpha value is -0.940. The predicted octanol–water partition coefficient (Wildman–Crippen LogP) is 2.69. The van der Waals surface area contributed by atoms with Crippen LogP contribution in [0.1, 0.15) is 62.3 Å². The van der Waals surface area contributed by atoms with Crippen LogP contribution in [0.5, 0.6) is 0 Å². The van der Waals surface area contributed by atoms with Crippen molar-refractivity contribution in [3.05, 3.63) is 16.1 Å². The number of carbonyl (C=O) groups excluding carboxylic acids is 1. The van der Waals surface area contributed by atoms with Crippen molar-refractivity contribution < 1.29 is 4.79 Å². The largest absolute Gasteiger partial charge is 0.347 e. The summed E-state index contributed by atoms with van der Waals surface area (Å²) in [5, 5.41) is 3.02. The van der Waals surface area contributed by atoms with E-state index in [0.717, 1.165) is 25.0 Å². The highest BCUT2D eigenvalue weighted by molar-refractivity contribution is 7.11. The lowest BCUT2D eigenvalue weighted by atomic mass is 9.91. The van der Waals surface area contributed by atoms with Gasteiger partial charge in [-0.3, -0.25) is 4.79 Å². The summed E-state index contributed by atoms with van der Waals surface area (Å²) in [6.07, 6.45) is 3.12. The van der Waals surface area contributed by atoms with Crippen LogP contribution in [0, 0.1) is 0 Å². The molecule has 1 aromatic rings. The molecule has 1 rings (SSSR count). The minimum absolute atomic E-state index is 0.0426. The lowest BCUT2D eigenvalue weighted by molar-refractivity contribution is 0.0937. The molecular formula is C14H25N3OS. The van der Waals surface area contributed by atoms with E-state index < -0.39 is 0 Å². The maximum Gasteiger partial charge on any atom is 0.263 e. The molecule has 0 saturated carbocycles. The van der Waals surface area contributed by atoms with Crippen molar-refractivity contribution in [2.75, 3.05) is 6.54 Å². The first-order chi connectivity index (χ1) is 8.90. The molecule has 5 heteroatoms. The van der Waals surface area contributed by atoms with Crippen LogP contribution in [-0.4, -0.2) is 23.5 Å². The summed E-state index contributed by atoms with van der Waals surface area (Å²) in [6, 6.07) is 0.0577. The molecule has 0 fully saturated rings. The highest BCUT2D eigenvalue weighted by Gasteiger charge is 2.25. The first kappa shape index (κ1) is 16.1. The van der Waals surface area contributed by atoms with Crippen molar-refractivity contribution >= 4 is 17.2 Å². The third-order valence-electron chi connectivity index (χ3n) is 3.01. The van der Waals surface area contributed by atoms with Crippen LogP contribution in [0.15, 0.2) is 5.51 Å². The first-order valence-corrected chi connectivity index (χ1v) is 7.73. The van der Waals surface area contributed by atoms with Gasteiger partial charge in [-0.15, -0.1) is 11.3 Å². The fraction of sp³-hybridized carbons (Fsp3) is 0.714. The number of nitrogens with two attached hydrogens (primary N) is 1. The van der Waals surface area contributed by atoms with Gasteiger partial charge in [0.2, 0.25) is 0 Å². The van der Waals surface area contributed by atoms with E-state index in [-0.39, 0.29) is 17.4 Å². The quantitative estimate of drug-likeness (QED) is 0.843. The van der Waals surface area contributed by atoms with E-state index in [1.807, 2.05) is 0 Å². The fourth-order valence-electron chi connectivity index (χ4n) is 1.89. The minimum atomic E-state index is -0.117. The summed E-state index contributed by atoms with van der Waals surface area (Å²) in [7, 11) is 0. The lowest BCUT2D eigenvalue weighted by Gasteiger charge is -2.20. The Morgan fingerprint density at radius 2 is 2.21 bits per heavy atom. The number of amides is 1. The number of rotatable bonds is 6. The van der Waals surface area contributed by atoms with Crippen LogP contribution < -0.4 is 11.1 Å². The molecule has 1 atom stereocenters. The van der Waals surface area contributed by atoms with Crippen LogP contribution >= 0.6 is 11.3 Å². The Labute approximate surface area is 119 Å². The van der Waals surface area contributed by atoms with Crippen LogP contribution in [0.4, 0.5) is 0 Å². The van der Waals surface area contributed by atoms with Gasteiger partial charge in [-0.2, -0.15) is 0 Å². The predicted molar refractivity (Wildman–Crippen MR) is 80.6 cm³/mol. The molecule has 0 radical (unpaired) electrons. The molecule has 1 aromatic heterocycles. The summed E-state index contributed by atoms with van der Waals surface area (Å²) in [6.45, 7) is 8.81. The number of nitrogens with zero attached hydrogens (tertiary/aromatic N) is 1. The Balaban J connectivity index is 2.75. The molecule has 108 valence electrons. The van der Waals surface area contributed by atoms with Gasteiger partial charge in [-0.05, 0) is 6.42 Å². The summed E-state index contributed by atoms with van der Waals surface area (Å²) < 4.78 is 0. The molecule has 0 aliphatic heterocycles. The molecule has 0 aliphatic rings. The Bertz CT molecular complexity index is 409. The van der Waals surface area contributed by atoms with Gasteiger partial charge in [0.1, 0.15) is 4.88 Å². The van der Waals surface area contributed by atoms with E-state index in [9.17, 15) is 4.79 Å². The highest BCUT2D eigenvalue weighted by Crippen LogP contribution is 2.27. The van der Waals surface area contributed by atoms with E-state index in [1.165, 1.54) is 11.3 Å². The molecular weight excluding hydrogens is 258 g/mol. The molecule has 1 heterocycles. The third kappa shape index (κ3) is 4.58. The SMILES string of the molecule is CCCCC(CN)NC(=O)c1scnc1C(C)(C)C. The van der Waals surface area contributed by atoms with E-state index in [0.29, 0.717) is 11.4 Å². The molecule has 1 amide bonds. The van der Waals surface area contributed by atoms with Gasteiger partial charge in [-0.1, -0.05) is 40.5 Å². The van der Waals surface area contributed by atoms with Gasteiger partial charge in [-0.25, -0.2) is 4.98 Å². The zero-order chi connectivity index (χ0) is 14.5. The van der Waals surface area contributed by atoms with Crippen LogP contribution in [-0.2, 0) is 5.41 Å². The molecule has 19 heavy (non-hydrogen) atoms. The number of nitrogens with one attached hydrogen (secondary N) is 1. The van der Waals surface area contributed by atoms with Crippen molar-refractivity contribution in [3.8, 4) is 0 Å². The average molecular weight is 283 g/mol. The number of hydrogen-bond donors (Lipinski definition) is 2. The lowest BCUT2D eigenvalue weighted by Crippen LogP contribution is -2.40. The standard InChI is InChI=1S/C14H25N3OS/c1-5-6-7-10(8-15)17-13(18)11-12(14(2,3)4)16-9-19-11/h9-10H,5-8,15H2,1-4H3,(H,17,18). The van der Waals surface area contributed by atoms with Gasteiger partial charge in [0.25, 0.3) is 5.91 Å². The van der Waals surface area contributed by atoms with Crippen LogP contribution in [0.25, 0.3) is 0 Å². The van der Waals surface area contributed by atoms with E-state index in [4.69, 9.17) is 5.73 Å². The smallest absolute Gasteiger partial charge is 0.263 e. The van der Waals surface area contributed by atoms with Crippen molar-refractivity contribution in [1.29, 1.82) is 0 Å². The monoisotopic (exact) mass is 283 g/mol. The third-order valence-corrected chi connectivity index (χ3v) is 3.84. The average Bonchev–Trinajstić information content (AvgIpc) is 2.83. The normalized spacial score (nSPS) is 13.3. The second-order valence-corrected chi connectivity index (χ2v) is 6.68. The topological polar surface area (TPSA) is 68.0 Å². The van der Waals surface area contributed by atoms with Gasteiger partial charge >= 0.3 is 0 Å². The van der Waals surface area contributed by atoms with Gasteiger partial charge in [0, 0.05) is 18.0 Å². The molecule has 4 nitrogen and oxygen atoms in total. The summed E-state index contributed by atoms with van der Waals surface area (Å²) >= 11 is 1.40. The summed E-state index contributed by atoms with van der Waals surface area (Å²) in [4.78, 5) is 17.4. The molecule has 3 N–H and O–H groups in total. The van der Waals surface area contributed by atoms with E-state index >= 15 is 0 Å². The number of carbonyl (C=O) groups is 1. The van der Waals surface area contributed by atoms with Crippen molar-refractivity contribution in [2.24, 2.45) is 5.73 Å². The van der Waals surface area contributed by atoms with Gasteiger partial charge in [0.05, 0.1) is 11.2 Å². The highest BCUT2D eigenvalue weighted by atomic mass is 32.1. The number of thiazole rings is 1. The molecule has 0 aromatic carbocycles. The van der Waals surface area contributed by atoms with Gasteiger partial charge in [0.15, 0.2) is 0 Å². The minimum Gasteiger partial charge on any atom is -0.347 e. The molecule has 0 saturated heterocycles. The molecule has 0 bridgehead atoms. The van der Waals surface area contributed by atoms with E-state index in [1.54, 1.807) is 5.51 Å². The maximum absolute atomic E-state index is 12.3. The second kappa shape index (κ2) is 7.01. The fourth-order valence-corrected chi connectivity index (χ4v) is 2.79. The van der Waals surface area contributed by atoms with Crippen LogP contribution in [0.3, 0.4) is 0 Å². The number of aromatic nitrogens is 1. The zero-order valence-electron chi connectivity index (χ0n) is 12.3. The summed E-state index contributed by atoms with van der Waals surface area (Å²) in [5.74, 6) is -0.0426. The van der Waals surface area contributed by atoms with Crippen molar-refractivity contribution in [1.82, 2.24) is 10.3 Å². The zero-order valence-corrected chi connectivity index (χ0v) is 13.1. The number of hydrogen-bond acceptors (Lipinski definition) is 4. The Morgan fingerprint density at radius 1 is 1.53 bits per heavy atom. The van der Waals surface area contributed by atoms with Crippen molar-refractivity contribution in [3.63, 3.8) is 0 Å². The second-order valence-electron chi connectivity index (χ2n) is 5.83. The molecule has 0 spiro atoms. The Kier molecular flexibility index (Phi) is 5.94. The summed E-state index contributed by atoms with van der Waals surface area (Å²) in [5.41, 5.74) is 8.19.